The van der Waals surface area contributed by atoms with Crippen LogP contribution in [0, 0.1) is 0 Å². The Balaban J connectivity index is 1.80. The van der Waals surface area contributed by atoms with Crippen LogP contribution in [0.1, 0.15) is 29.3 Å². The summed E-state index contributed by atoms with van der Waals surface area (Å²) in [6.45, 7) is 2.61. The van der Waals surface area contributed by atoms with E-state index in [9.17, 15) is 4.79 Å². The summed E-state index contributed by atoms with van der Waals surface area (Å²) in [6, 6.07) is 12.7. The predicted molar refractivity (Wildman–Crippen MR) is 81.9 cm³/mol. The van der Waals surface area contributed by atoms with Crippen molar-refractivity contribution in [2.45, 2.75) is 13.3 Å². The van der Waals surface area contributed by atoms with Crippen molar-refractivity contribution in [1.82, 2.24) is 0 Å². The van der Waals surface area contributed by atoms with Crippen LogP contribution in [0.5, 0.6) is 17.4 Å². The normalized spacial score (nSPS) is 11.9. The summed E-state index contributed by atoms with van der Waals surface area (Å²) >= 11 is 0. The highest BCUT2D eigenvalue weighted by atomic mass is 16.7. The van der Waals surface area contributed by atoms with Crippen LogP contribution in [0.2, 0.25) is 0 Å². The summed E-state index contributed by atoms with van der Waals surface area (Å²) in [5, 5.41) is 0.743. The summed E-state index contributed by atoms with van der Waals surface area (Å²) in [4.78, 5) is 12.9. The molecule has 2 heterocycles. The minimum Gasteiger partial charge on any atom is -0.493 e. The van der Waals surface area contributed by atoms with Gasteiger partial charge in [0, 0.05) is 5.56 Å². The quantitative estimate of drug-likeness (QED) is 0.400. The van der Waals surface area contributed by atoms with Crippen LogP contribution in [0.25, 0.3) is 11.0 Å². The van der Waals surface area contributed by atoms with Gasteiger partial charge in [0.15, 0.2) is 5.78 Å². The van der Waals surface area contributed by atoms with E-state index in [1.54, 1.807) is 12.1 Å². The summed E-state index contributed by atoms with van der Waals surface area (Å²) in [5.74, 6) is 1.70. The zero-order valence-electron chi connectivity index (χ0n) is 12.1. The number of para-hydroxylation sites is 1. The lowest BCUT2D eigenvalue weighted by Crippen LogP contribution is -2.06. The summed E-state index contributed by atoms with van der Waals surface area (Å²) in [5.41, 5.74) is 1.81. The van der Waals surface area contributed by atoms with Crippen LogP contribution < -0.4 is 9.47 Å². The van der Waals surface area contributed by atoms with Crippen molar-refractivity contribution in [3.05, 3.63) is 53.6 Å². The van der Waals surface area contributed by atoms with Crippen LogP contribution in [-0.2, 0) is 0 Å². The molecule has 1 aliphatic rings. The number of carbonyl (C=O) groups excluding carboxylic acids is 1. The van der Waals surface area contributed by atoms with Crippen LogP contribution in [0.4, 0.5) is 0 Å². The Kier molecular flexibility index (Phi) is 2.89. The number of ether oxygens (including phenoxy) is 2. The van der Waals surface area contributed by atoms with Gasteiger partial charge >= 0.3 is 5.95 Å². The van der Waals surface area contributed by atoms with Crippen molar-refractivity contribution in [1.29, 1.82) is 0 Å². The van der Waals surface area contributed by atoms with Crippen LogP contribution >= 0.6 is 0 Å². The molecule has 0 saturated carbocycles. The van der Waals surface area contributed by atoms with Crippen LogP contribution in [-0.4, -0.2) is 12.4 Å². The molecular formula is C18H14O4. The van der Waals surface area contributed by atoms with Crippen molar-refractivity contribution in [2.24, 2.45) is 0 Å². The number of hydrogen-bond donors (Lipinski definition) is 0. The Hall–Kier alpha value is -2.75. The SMILES string of the molecule is CCCOc1ccccc1C(=O)c1cccc2oc3c(c12)O3. The molecule has 0 bridgehead atoms. The fourth-order valence-electron chi connectivity index (χ4n) is 2.56. The van der Waals surface area contributed by atoms with Gasteiger partial charge < -0.3 is 13.9 Å². The Morgan fingerprint density at radius 2 is 1.91 bits per heavy atom. The molecule has 110 valence electrons. The maximum Gasteiger partial charge on any atom is 0.336 e. The van der Waals surface area contributed by atoms with Gasteiger partial charge in [-0.25, -0.2) is 0 Å². The minimum absolute atomic E-state index is 0.0867. The maximum absolute atomic E-state index is 12.9. The molecule has 0 fully saturated rings. The molecule has 0 saturated heterocycles. The van der Waals surface area contributed by atoms with Crippen LogP contribution in [0.3, 0.4) is 0 Å². The lowest BCUT2D eigenvalue weighted by molar-refractivity contribution is 0.103. The van der Waals surface area contributed by atoms with E-state index in [1.807, 2.05) is 37.3 Å². The molecule has 0 atom stereocenters. The standard InChI is InChI=1S/C18H14O4/c1-2-10-20-13-8-4-3-6-11(13)16(19)12-7-5-9-14-15(12)17-18(21-14)22-17/h3-9H,2,10H2,1H3. The van der Waals surface area contributed by atoms with E-state index in [0.29, 0.717) is 40.8 Å². The van der Waals surface area contributed by atoms with Crippen molar-refractivity contribution in [3.8, 4) is 17.4 Å². The third kappa shape index (κ3) is 1.96. The van der Waals surface area contributed by atoms with Crippen molar-refractivity contribution in [3.63, 3.8) is 0 Å². The summed E-state index contributed by atoms with van der Waals surface area (Å²) < 4.78 is 16.4. The molecule has 0 aliphatic carbocycles. The number of rotatable bonds is 5. The number of carbonyl (C=O) groups is 1. The number of hydrogen-bond acceptors (Lipinski definition) is 4. The van der Waals surface area contributed by atoms with Gasteiger partial charge in [-0.05, 0) is 24.6 Å². The van der Waals surface area contributed by atoms with Gasteiger partial charge in [-0.2, -0.15) is 0 Å². The molecule has 0 unspecified atom stereocenters. The number of furan rings is 1. The second-order valence-electron chi connectivity index (χ2n) is 5.17. The van der Waals surface area contributed by atoms with E-state index in [-0.39, 0.29) is 5.78 Å². The first-order valence-electron chi connectivity index (χ1n) is 7.29. The zero-order chi connectivity index (χ0) is 15.1. The highest BCUT2D eigenvalue weighted by Crippen LogP contribution is 2.54. The molecule has 1 aliphatic heterocycles. The molecule has 4 heteroatoms. The smallest absolute Gasteiger partial charge is 0.336 e. The van der Waals surface area contributed by atoms with Gasteiger partial charge in [-0.1, -0.05) is 31.2 Å². The lowest BCUT2D eigenvalue weighted by atomic mass is 9.99. The fraction of sp³-hybridized carbons (Fsp3) is 0.167. The highest BCUT2D eigenvalue weighted by Gasteiger charge is 2.34. The Morgan fingerprint density at radius 3 is 2.77 bits per heavy atom. The number of ketones is 1. The third-order valence-corrected chi connectivity index (χ3v) is 3.63. The molecular weight excluding hydrogens is 280 g/mol. The molecule has 0 spiro atoms. The van der Waals surface area contributed by atoms with Crippen molar-refractivity contribution in [2.75, 3.05) is 6.61 Å². The molecule has 1 aromatic heterocycles. The molecule has 2 aromatic carbocycles. The first-order chi connectivity index (χ1) is 10.8. The number of benzene rings is 2. The average molecular weight is 294 g/mol. The predicted octanol–water partition coefficient (Wildman–Crippen LogP) is 4.56. The van der Waals surface area contributed by atoms with Gasteiger partial charge in [0.1, 0.15) is 11.3 Å². The Morgan fingerprint density at radius 1 is 1.09 bits per heavy atom. The number of fused-ring (bicyclic) bond motifs is 3. The molecule has 4 rings (SSSR count). The van der Waals surface area contributed by atoms with Gasteiger partial charge in [-0.3, -0.25) is 4.79 Å². The van der Waals surface area contributed by atoms with E-state index in [0.717, 1.165) is 11.8 Å². The lowest BCUT2D eigenvalue weighted by Gasteiger charge is -2.10. The van der Waals surface area contributed by atoms with E-state index in [4.69, 9.17) is 13.9 Å². The van der Waals surface area contributed by atoms with E-state index < -0.39 is 0 Å². The zero-order valence-corrected chi connectivity index (χ0v) is 12.1. The topological polar surface area (TPSA) is 52.0 Å². The molecule has 0 N–H and O–H groups in total. The van der Waals surface area contributed by atoms with Crippen molar-refractivity contribution < 1.29 is 18.7 Å². The summed E-state index contributed by atoms with van der Waals surface area (Å²) in [6.07, 6.45) is 0.890. The molecule has 0 amide bonds. The van der Waals surface area contributed by atoms with Gasteiger partial charge in [0.2, 0.25) is 5.75 Å². The maximum atomic E-state index is 12.9. The first-order valence-corrected chi connectivity index (χ1v) is 7.29. The molecule has 22 heavy (non-hydrogen) atoms. The summed E-state index contributed by atoms with van der Waals surface area (Å²) in [7, 11) is 0. The van der Waals surface area contributed by atoms with Gasteiger partial charge in [0.05, 0.1) is 17.6 Å². The van der Waals surface area contributed by atoms with E-state index in [2.05, 4.69) is 0 Å². The average Bonchev–Trinajstić information content (AvgIpc) is 3.23. The second-order valence-corrected chi connectivity index (χ2v) is 5.17. The molecule has 3 aromatic rings. The first kappa shape index (κ1) is 13.0. The second kappa shape index (κ2) is 4.91. The fourth-order valence-corrected chi connectivity index (χ4v) is 2.56. The largest absolute Gasteiger partial charge is 0.493 e. The Labute approximate surface area is 127 Å². The van der Waals surface area contributed by atoms with E-state index in [1.165, 1.54) is 0 Å². The minimum atomic E-state index is -0.0867. The highest BCUT2D eigenvalue weighted by molar-refractivity contribution is 6.19. The van der Waals surface area contributed by atoms with Crippen LogP contribution in [0.15, 0.2) is 46.9 Å². The van der Waals surface area contributed by atoms with E-state index >= 15 is 0 Å². The molecule has 0 radical (unpaired) electrons. The monoisotopic (exact) mass is 294 g/mol. The van der Waals surface area contributed by atoms with Gasteiger partial charge in [-0.15, -0.1) is 0 Å². The Bertz CT molecular complexity index is 876. The van der Waals surface area contributed by atoms with Gasteiger partial charge in [0.25, 0.3) is 0 Å². The van der Waals surface area contributed by atoms with Crippen molar-refractivity contribution >= 4 is 16.8 Å². The molecule has 4 nitrogen and oxygen atoms in total. The third-order valence-electron chi connectivity index (χ3n) is 3.63.